The van der Waals surface area contributed by atoms with Crippen molar-refractivity contribution in [2.75, 3.05) is 68.5 Å². The van der Waals surface area contributed by atoms with Gasteiger partial charge in [-0.05, 0) is 114 Å². The molecule has 91 heavy (non-hydrogen) atoms. The molecule has 0 radical (unpaired) electrons. The number of hydrogen-bond acceptors (Lipinski definition) is 11. The summed E-state index contributed by atoms with van der Waals surface area (Å²) in [4.78, 5) is 168. The standard InChI is InChI=1S/C65H107F4N11O11/c1-13-14-23-47-60(88)76(9)38-55(83)74(7)39-56(84)78(11)52(36-43-21-16-15-17-22-43)62(90)75(8)37-53(81)71-48(28-26-44-25-27-45(46(66)35-44)65(67,68)69)61(89)80-31-20-24-49(80)59(87)73-64(29-18-19-30-64)63(91)79(12)51(33-41(4)5)57(85)70-42(6)34-54(82)77(10)50(32-40(2)3)58(86)72-47/h40-52H,13-39H2,1-12H3,(H,70,85)(H,71,81)(H,72,86)(H,73,87)/t42-,44?,45?,46?,47+,48+,49+,50+,51+,52+/m1/s1. The molecule has 22 nitrogen and oxygen atoms in total. The molecule has 26 heteroatoms. The van der Waals surface area contributed by atoms with Crippen molar-refractivity contribution in [1.29, 1.82) is 0 Å². The first-order valence-electron chi connectivity index (χ1n) is 33.5. The Kier molecular flexibility index (Phi) is 28.4. The third-order valence-electron chi connectivity index (χ3n) is 19.6. The van der Waals surface area contributed by atoms with Crippen LogP contribution in [-0.4, -0.2) is 228 Å². The second-order valence-electron chi connectivity index (χ2n) is 27.9. The van der Waals surface area contributed by atoms with Crippen molar-refractivity contribution in [1.82, 2.24) is 55.6 Å². The van der Waals surface area contributed by atoms with Crippen molar-refractivity contribution in [2.45, 2.75) is 249 Å². The number of nitrogens with one attached hydrogen (secondary N) is 4. The second-order valence-corrected chi connectivity index (χ2v) is 27.9. The zero-order chi connectivity index (χ0) is 67.8. The van der Waals surface area contributed by atoms with Crippen LogP contribution in [0.3, 0.4) is 0 Å². The number of hydrogen-bond donors (Lipinski definition) is 4. The molecule has 5 aliphatic rings. The van der Waals surface area contributed by atoms with Crippen LogP contribution in [0, 0.1) is 29.6 Å². The van der Waals surface area contributed by atoms with Crippen molar-refractivity contribution < 1.29 is 70.3 Å². The first kappa shape index (κ1) is 75.6. The number of rotatable bonds is 12. The van der Waals surface area contributed by atoms with Gasteiger partial charge in [0.25, 0.3) is 0 Å². The monoisotopic (exact) mass is 1290 g/mol. The number of likely N-dealkylation sites (N-methyl/N-ethyl adjacent to an activating group) is 6. The Morgan fingerprint density at radius 1 is 0.560 bits per heavy atom. The number of fused-ring (bicyclic) bond motifs is 1. The Bertz CT molecular complexity index is 2550. The van der Waals surface area contributed by atoms with Gasteiger partial charge >= 0.3 is 6.18 Å². The first-order chi connectivity index (χ1) is 42.7. The van der Waals surface area contributed by atoms with Crippen molar-refractivity contribution in [3.8, 4) is 0 Å². The van der Waals surface area contributed by atoms with Crippen LogP contribution in [0.25, 0.3) is 0 Å². The average molecular weight is 1290 g/mol. The highest BCUT2D eigenvalue weighted by Gasteiger charge is 2.51. The van der Waals surface area contributed by atoms with E-state index in [4.69, 9.17) is 0 Å². The second kappa shape index (κ2) is 34.2. The minimum absolute atomic E-state index is 0.0145. The van der Waals surface area contributed by atoms with Gasteiger partial charge in [0.1, 0.15) is 48.0 Å². The lowest BCUT2D eigenvalue weighted by Crippen LogP contribution is -2.64. The fraction of sp³-hybridized carbons (Fsp3) is 0.831. The summed E-state index contributed by atoms with van der Waals surface area (Å²) in [5.74, 6) is -9.65. The SMILES string of the molecule is CCCC[C@@H]1NC(=O)[C@H](CC(C)C)N(C)C(=O)C[C@@H](C)NC(=O)[C@H](CC(C)C)N(C)C(=O)C2(CCCC2)NC(=O)[C@@H]2CCCN2C(=O)[C@H](CCC2CCC(C(F)(F)F)C(F)C2)NC(=O)CN(C)C(=O)[C@H](CC2CCCCC2)N(C)C(=O)CN(C)C(=O)CN(C)C1=O. The normalized spacial score (nSPS) is 29.3. The van der Waals surface area contributed by atoms with E-state index in [1.54, 1.807) is 6.92 Å². The summed E-state index contributed by atoms with van der Waals surface area (Å²) in [6, 6.07) is -7.67. The van der Waals surface area contributed by atoms with Crippen molar-refractivity contribution in [3.63, 3.8) is 0 Å². The first-order valence-corrected chi connectivity index (χ1v) is 33.5. The molecule has 0 aromatic heterocycles. The van der Waals surface area contributed by atoms with E-state index in [1.165, 1.54) is 61.9 Å². The Morgan fingerprint density at radius 3 is 1.73 bits per heavy atom. The maximum Gasteiger partial charge on any atom is 0.394 e. The number of carbonyl (C=O) groups is 11. The van der Waals surface area contributed by atoms with Crippen LogP contribution in [0.5, 0.6) is 0 Å². The summed E-state index contributed by atoms with van der Waals surface area (Å²) in [6.07, 6.45) is 0.332. The lowest BCUT2D eigenvalue weighted by atomic mass is 9.78. The van der Waals surface area contributed by atoms with E-state index in [0.717, 1.165) is 46.8 Å². The maximum absolute atomic E-state index is 15.2. The van der Waals surface area contributed by atoms with Crippen LogP contribution in [0.4, 0.5) is 17.6 Å². The number of amides is 11. The third kappa shape index (κ3) is 20.9. The highest BCUT2D eigenvalue weighted by Crippen LogP contribution is 2.43. The van der Waals surface area contributed by atoms with E-state index in [-0.39, 0.29) is 94.9 Å². The molecule has 5 fully saturated rings. The largest absolute Gasteiger partial charge is 0.394 e. The molecule has 0 bridgehead atoms. The molecule has 4 N–H and O–H groups in total. The van der Waals surface area contributed by atoms with E-state index in [2.05, 4.69) is 21.3 Å². The number of unbranched alkanes of at least 4 members (excludes halogenated alkanes) is 1. The van der Waals surface area contributed by atoms with Crippen molar-refractivity contribution in [3.05, 3.63) is 0 Å². The van der Waals surface area contributed by atoms with Gasteiger partial charge in [-0.15, -0.1) is 0 Å². The van der Waals surface area contributed by atoms with Crippen LogP contribution in [0.15, 0.2) is 0 Å². The topological polar surface area (TPSA) is 259 Å². The lowest BCUT2D eigenvalue weighted by molar-refractivity contribution is -0.201. The average Bonchev–Trinajstić information content (AvgIpc) is 2.04. The Hall–Kier alpha value is -6.11. The van der Waals surface area contributed by atoms with Crippen molar-refractivity contribution in [2.24, 2.45) is 29.6 Å². The van der Waals surface area contributed by atoms with Gasteiger partial charge in [0.2, 0.25) is 65.0 Å². The lowest BCUT2D eigenvalue weighted by Gasteiger charge is -2.39. The minimum atomic E-state index is -4.73. The Balaban J connectivity index is 1.53. The number of halogens is 4. The highest BCUT2D eigenvalue weighted by atomic mass is 19.4. The van der Waals surface area contributed by atoms with Gasteiger partial charge in [0, 0.05) is 61.3 Å². The zero-order valence-electron chi connectivity index (χ0n) is 56.2. The van der Waals surface area contributed by atoms with Gasteiger partial charge in [0.15, 0.2) is 0 Å². The smallest absolute Gasteiger partial charge is 0.351 e. The van der Waals surface area contributed by atoms with Gasteiger partial charge in [-0.1, -0.05) is 92.4 Å². The summed E-state index contributed by atoms with van der Waals surface area (Å²) < 4.78 is 56.4. The summed E-state index contributed by atoms with van der Waals surface area (Å²) in [6.45, 7) is 9.54. The summed E-state index contributed by atoms with van der Waals surface area (Å²) in [5, 5.41) is 11.6. The van der Waals surface area contributed by atoms with Crippen LogP contribution >= 0.6 is 0 Å². The fourth-order valence-corrected chi connectivity index (χ4v) is 14.0. The number of nitrogens with zero attached hydrogens (tertiary/aromatic N) is 7. The van der Waals surface area contributed by atoms with Gasteiger partial charge in [-0.3, -0.25) is 52.7 Å². The van der Waals surface area contributed by atoms with E-state index in [9.17, 15) is 56.3 Å². The molecule has 3 unspecified atom stereocenters. The molecule has 2 heterocycles. The quantitative estimate of drug-likeness (QED) is 0.178. The molecule has 2 saturated heterocycles. The van der Waals surface area contributed by atoms with Crippen LogP contribution in [0.1, 0.15) is 189 Å². The van der Waals surface area contributed by atoms with E-state index < -0.39 is 169 Å². The van der Waals surface area contributed by atoms with Gasteiger partial charge in [-0.2, -0.15) is 13.2 Å². The predicted octanol–water partition coefficient (Wildman–Crippen LogP) is 5.49. The number of alkyl halides is 4. The zero-order valence-corrected chi connectivity index (χ0v) is 56.2. The van der Waals surface area contributed by atoms with Crippen LogP contribution in [0.2, 0.25) is 0 Å². The summed E-state index contributed by atoms with van der Waals surface area (Å²) in [5.41, 5.74) is -1.49. The van der Waals surface area contributed by atoms with Gasteiger partial charge < -0.3 is 55.6 Å². The molecule has 3 aliphatic carbocycles. The van der Waals surface area contributed by atoms with E-state index in [1.807, 2.05) is 34.6 Å². The van der Waals surface area contributed by atoms with Gasteiger partial charge in [0.05, 0.1) is 25.6 Å². The van der Waals surface area contributed by atoms with E-state index >= 15 is 14.0 Å². The fourth-order valence-electron chi connectivity index (χ4n) is 14.0. The molecule has 2 aliphatic heterocycles. The molecule has 1 spiro atoms. The van der Waals surface area contributed by atoms with E-state index in [0.29, 0.717) is 32.1 Å². The van der Waals surface area contributed by atoms with Gasteiger partial charge in [-0.25, -0.2) is 4.39 Å². The molecular weight excluding hydrogens is 1190 g/mol. The molecule has 5 rings (SSSR count). The van der Waals surface area contributed by atoms with Crippen LogP contribution in [-0.2, 0) is 52.7 Å². The Morgan fingerprint density at radius 2 is 1.13 bits per heavy atom. The molecule has 11 amide bonds. The number of carbonyl (C=O) groups excluding carboxylic acids is 11. The predicted molar refractivity (Wildman–Crippen MR) is 333 cm³/mol. The van der Waals surface area contributed by atoms with Crippen molar-refractivity contribution >= 4 is 65.0 Å². The molecular formula is C65H107F4N11O11. The molecule has 10 atom stereocenters. The molecule has 0 aromatic rings. The third-order valence-corrected chi connectivity index (χ3v) is 19.6. The maximum atomic E-state index is 15.2. The molecule has 516 valence electrons. The highest BCUT2D eigenvalue weighted by molar-refractivity contribution is 5.99. The summed E-state index contributed by atoms with van der Waals surface area (Å²) in [7, 11) is 8.57. The van der Waals surface area contributed by atoms with Crippen LogP contribution < -0.4 is 21.3 Å². The Labute approximate surface area is 536 Å². The molecule has 3 saturated carbocycles. The minimum Gasteiger partial charge on any atom is -0.351 e. The molecule has 0 aromatic carbocycles. The summed E-state index contributed by atoms with van der Waals surface area (Å²) >= 11 is 0.